The third-order valence-electron chi connectivity index (χ3n) is 1.80. The Kier molecular flexibility index (Phi) is 2.90. The minimum atomic E-state index is -0.276. The maximum atomic E-state index is 10.6. The van der Waals surface area contributed by atoms with Crippen LogP contribution >= 0.6 is 0 Å². The summed E-state index contributed by atoms with van der Waals surface area (Å²) in [6.07, 6.45) is 0. The van der Waals surface area contributed by atoms with Crippen molar-refractivity contribution in [2.75, 3.05) is 5.73 Å². The Bertz CT molecular complexity index is 321. The summed E-state index contributed by atoms with van der Waals surface area (Å²) in [6.45, 7) is 3.64. The van der Waals surface area contributed by atoms with Gasteiger partial charge in [0.05, 0.1) is 0 Å². The molecule has 3 nitrogen and oxygen atoms in total. The molecule has 0 atom stereocenters. The second-order valence-corrected chi connectivity index (χ2v) is 2.97. The van der Waals surface area contributed by atoms with Gasteiger partial charge in [-0.05, 0) is 30.2 Å². The lowest BCUT2D eigenvalue weighted by Crippen LogP contribution is -2.01. The fraction of sp³-hybridized carbons (Fsp3) is 0.300. The van der Waals surface area contributed by atoms with Crippen LogP contribution in [0.5, 0.6) is 0 Å². The molecule has 2 N–H and O–H groups in total. The number of anilines is 1. The lowest BCUT2D eigenvalue weighted by Gasteiger charge is -2.06. The van der Waals surface area contributed by atoms with Gasteiger partial charge in [-0.3, -0.25) is 4.79 Å². The molecule has 0 aliphatic carbocycles. The second kappa shape index (κ2) is 3.94. The van der Waals surface area contributed by atoms with E-state index >= 15 is 0 Å². The lowest BCUT2D eigenvalue weighted by atomic mass is 10.1. The minimum absolute atomic E-state index is 0.276. The van der Waals surface area contributed by atoms with Crippen molar-refractivity contribution in [3.05, 3.63) is 29.3 Å². The summed E-state index contributed by atoms with van der Waals surface area (Å²) in [7, 11) is 0. The van der Waals surface area contributed by atoms with Crippen molar-refractivity contribution in [3.8, 4) is 0 Å². The SMILES string of the molecule is CC(=O)OCc1cc(N)ccc1C. The Morgan fingerprint density at radius 1 is 1.54 bits per heavy atom. The van der Waals surface area contributed by atoms with Gasteiger partial charge in [0.25, 0.3) is 0 Å². The van der Waals surface area contributed by atoms with Gasteiger partial charge in [0.2, 0.25) is 0 Å². The topological polar surface area (TPSA) is 52.3 Å². The number of rotatable bonds is 2. The van der Waals surface area contributed by atoms with Crippen LogP contribution in [0, 0.1) is 6.92 Å². The molecule has 0 aliphatic heterocycles. The second-order valence-electron chi connectivity index (χ2n) is 2.97. The summed E-state index contributed by atoms with van der Waals surface area (Å²) in [5.74, 6) is -0.276. The van der Waals surface area contributed by atoms with Crippen LogP contribution in [0.4, 0.5) is 5.69 Å². The van der Waals surface area contributed by atoms with E-state index in [1.165, 1.54) is 6.92 Å². The summed E-state index contributed by atoms with van der Waals surface area (Å²) < 4.78 is 4.87. The molecule has 13 heavy (non-hydrogen) atoms. The smallest absolute Gasteiger partial charge is 0.302 e. The summed E-state index contributed by atoms with van der Waals surface area (Å²) in [5.41, 5.74) is 8.31. The van der Waals surface area contributed by atoms with Crippen LogP contribution in [0.1, 0.15) is 18.1 Å². The Morgan fingerprint density at radius 2 is 2.23 bits per heavy atom. The van der Waals surface area contributed by atoms with E-state index < -0.39 is 0 Å². The molecule has 0 unspecified atom stereocenters. The summed E-state index contributed by atoms with van der Waals surface area (Å²) >= 11 is 0. The van der Waals surface area contributed by atoms with E-state index in [0.29, 0.717) is 12.3 Å². The highest BCUT2D eigenvalue weighted by Gasteiger charge is 2.00. The number of carbonyl (C=O) groups excluding carboxylic acids is 1. The Balaban J connectivity index is 2.75. The van der Waals surface area contributed by atoms with E-state index in [9.17, 15) is 4.79 Å². The van der Waals surface area contributed by atoms with Crippen LogP contribution < -0.4 is 5.73 Å². The molecule has 1 aromatic carbocycles. The van der Waals surface area contributed by atoms with Gasteiger partial charge in [0.15, 0.2) is 0 Å². The number of aryl methyl sites for hydroxylation is 1. The molecule has 0 aromatic heterocycles. The number of hydrogen-bond acceptors (Lipinski definition) is 3. The molecule has 0 heterocycles. The zero-order valence-electron chi connectivity index (χ0n) is 7.83. The maximum Gasteiger partial charge on any atom is 0.302 e. The van der Waals surface area contributed by atoms with Crippen molar-refractivity contribution in [2.45, 2.75) is 20.5 Å². The lowest BCUT2D eigenvalue weighted by molar-refractivity contribution is -0.142. The number of ether oxygens (including phenoxy) is 1. The van der Waals surface area contributed by atoms with Crippen molar-refractivity contribution >= 4 is 11.7 Å². The molecule has 1 aromatic rings. The maximum absolute atomic E-state index is 10.6. The van der Waals surface area contributed by atoms with Crippen molar-refractivity contribution in [3.63, 3.8) is 0 Å². The zero-order chi connectivity index (χ0) is 9.84. The van der Waals surface area contributed by atoms with E-state index in [0.717, 1.165) is 11.1 Å². The Labute approximate surface area is 77.5 Å². The minimum Gasteiger partial charge on any atom is -0.461 e. The number of nitrogen functional groups attached to an aromatic ring is 1. The number of hydrogen-bond donors (Lipinski definition) is 1. The van der Waals surface area contributed by atoms with Crippen molar-refractivity contribution < 1.29 is 9.53 Å². The highest BCUT2D eigenvalue weighted by molar-refractivity contribution is 5.66. The number of nitrogens with two attached hydrogens (primary N) is 1. The molecule has 1 rings (SSSR count). The van der Waals surface area contributed by atoms with Crippen molar-refractivity contribution in [1.29, 1.82) is 0 Å². The van der Waals surface area contributed by atoms with Crippen molar-refractivity contribution in [2.24, 2.45) is 0 Å². The molecule has 0 amide bonds. The molecule has 0 spiro atoms. The average molecular weight is 179 g/mol. The largest absolute Gasteiger partial charge is 0.461 e. The highest BCUT2D eigenvalue weighted by Crippen LogP contribution is 2.13. The molecule has 3 heteroatoms. The molecule has 70 valence electrons. The molecule has 0 bridgehead atoms. The molecular formula is C10H13NO2. The monoisotopic (exact) mass is 179 g/mol. The fourth-order valence-corrected chi connectivity index (χ4v) is 1.03. The third kappa shape index (κ3) is 2.78. The van der Waals surface area contributed by atoms with Crippen LogP contribution in [-0.4, -0.2) is 5.97 Å². The normalized spacial score (nSPS) is 9.69. The zero-order valence-corrected chi connectivity index (χ0v) is 7.83. The predicted octanol–water partition coefficient (Wildman–Crippen LogP) is 1.64. The third-order valence-corrected chi connectivity index (χ3v) is 1.80. The number of carbonyl (C=O) groups is 1. The summed E-state index contributed by atoms with van der Waals surface area (Å²) in [6, 6.07) is 5.55. The van der Waals surface area contributed by atoms with E-state index in [-0.39, 0.29) is 5.97 Å². The first-order valence-electron chi connectivity index (χ1n) is 4.08. The van der Waals surface area contributed by atoms with Gasteiger partial charge in [0, 0.05) is 12.6 Å². The van der Waals surface area contributed by atoms with Crippen molar-refractivity contribution in [1.82, 2.24) is 0 Å². The van der Waals surface area contributed by atoms with Gasteiger partial charge in [-0.1, -0.05) is 6.07 Å². The van der Waals surface area contributed by atoms with Gasteiger partial charge in [-0.15, -0.1) is 0 Å². The number of benzene rings is 1. The molecule has 0 aliphatic rings. The average Bonchev–Trinajstić information content (AvgIpc) is 2.06. The van der Waals surface area contributed by atoms with Gasteiger partial charge < -0.3 is 10.5 Å². The highest BCUT2D eigenvalue weighted by atomic mass is 16.5. The molecule has 0 fully saturated rings. The van der Waals surface area contributed by atoms with Gasteiger partial charge in [-0.2, -0.15) is 0 Å². The molecular weight excluding hydrogens is 166 g/mol. The standard InChI is InChI=1S/C10H13NO2/c1-7-3-4-10(11)5-9(7)6-13-8(2)12/h3-5H,6,11H2,1-2H3. The van der Waals surface area contributed by atoms with Gasteiger partial charge in [0.1, 0.15) is 6.61 Å². The fourth-order valence-electron chi connectivity index (χ4n) is 1.03. The van der Waals surface area contributed by atoms with Gasteiger partial charge >= 0.3 is 5.97 Å². The predicted molar refractivity (Wildman–Crippen MR) is 51.1 cm³/mol. The van der Waals surface area contributed by atoms with E-state index in [1.807, 2.05) is 25.1 Å². The van der Waals surface area contributed by atoms with Crippen LogP contribution in [-0.2, 0) is 16.1 Å². The van der Waals surface area contributed by atoms with E-state index in [2.05, 4.69) is 0 Å². The Morgan fingerprint density at radius 3 is 2.85 bits per heavy atom. The quantitative estimate of drug-likeness (QED) is 0.554. The van der Waals surface area contributed by atoms with Crippen LogP contribution in [0.15, 0.2) is 18.2 Å². The molecule has 0 saturated heterocycles. The first-order valence-corrected chi connectivity index (χ1v) is 4.08. The molecule has 0 saturated carbocycles. The summed E-state index contributed by atoms with van der Waals surface area (Å²) in [4.78, 5) is 10.6. The number of esters is 1. The van der Waals surface area contributed by atoms with Crippen LogP contribution in [0.2, 0.25) is 0 Å². The van der Waals surface area contributed by atoms with E-state index in [1.54, 1.807) is 0 Å². The van der Waals surface area contributed by atoms with Gasteiger partial charge in [-0.25, -0.2) is 0 Å². The molecule has 0 radical (unpaired) electrons. The van der Waals surface area contributed by atoms with Crippen LogP contribution in [0.3, 0.4) is 0 Å². The summed E-state index contributed by atoms with van der Waals surface area (Å²) in [5, 5.41) is 0. The first kappa shape index (κ1) is 9.58. The Hall–Kier alpha value is -1.51. The van der Waals surface area contributed by atoms with Crippen LogP contribution in [0.25, 0.3) is 0 Å². The van der Waals surface area contributed by atoms with E-state index in [4.69, 9.17) is 10.5 Å². The first-order chi connectivity index (χ1) is 6.09.